The summed E-state index contributed by atoms with van der Waals surface area (Å²) in [6.07, 6.45) is 7.77. The predicted molar refractivity (Wildman–Crippen MR) is 125 cm³/mol. The van der Waals surface area contributed by atoms with Gasteiger partial charge in [0.05, 0.1) is 5.69 Å². The molecule has 4 aliphatic rings. The molecule has 9 heteroatoms. The molecule has 4 amide bonds. The highest BCUT2D eigenvalue weighted by molar-refractivity contribution is 5.95. The zero-order valence-corrected chi connectivity index (χ0v) is 19.9. The van der Waals surface area contributed by atoms with Crippen molar-refractivity contribution in [2.75, 3.05) is 11.9 Å². The standard InChI is InChI=1S/C25H35FN4O4/c1-23-10-16-11-24(2,13-23)15-25(12-16,14-23)29-22(33)28-19-7-6-17(9-18(19)26)21(32)27-8-4-3-5-20(31)30-34/h6-7,9,16,34H,3-5,8,10-15H2,1-2H3,(H,27,32)(H,30,31)(H2,28,29,33)/t16?,23-,24+,25?. The Bertz CT molecular complexity index is 966. The molecular weight excluding hydrogens is 439 g/mol. The number of rotatable bonds is 8. The van der Waals surface area contributed by atoms with E-state index in [1.54, 1.807) is 5.48 Å². The second-order valence-electron chi connectivity index (χ2n) is 11.4. The van der Waals surface area contributed by atoms with E-state index in [-0.39, 0.29) is 34.0 Å². The molecule has 186 valence electrons. The van der Waals surface area contributed by atoms with Crippen molar-refractivity contribution in [2.24, 2.45) is 16.7 Å². The van der Waals surface area contributed by atoms with E-state index >= 15 is 0 Å². The van der Waals surface area contributed by atoms with Gasteiger partial charge in [-0.3, -0.25) is 14.8 Å². The average molecular weight is 475 g/mol. The number of urea groups is 1. The maximum absolute atomic E-state index is 14.7. The molecule has 4 bridgehead atoms. The molecule has 5 rings (SSSR count). The van der Waals surface area contributed by atoms with Gasteiger partial charge in [0.2, 0.25) is 5.91 Å². The van der Waals surface area contributed by atoms with Crippen molar-refractivity contribution >= 4 is 23.5 Å². The maximum atomic E-state index is 14.7. The average Bonchev–Trinajstić information content (AvgIpc) is 2.71. The summed E-state index contributed by atoms with van der Waals surface area (Å²) >= 11 is 0. The minimum absolute atomic E-state index is 0.0335. The number of halogens is 1. The summed E-state index contributed by atoms with van der Waals surface area (Å²) in [5.41, 5.74) is 2.02. The van der Waals surface area contributed by atoms with Gasteiger partial charge < -0.3 is 16.0 Å². The van der Waals surface area contributed by atoms with Crippen LogP contribution in [0.1, 0.15) is 82.0 Å². The number of carbonyl (C=O) groups excluding carboxylic acids is 3. The summed E-state index contributed by atoms with van der Waals surface area (Å²) in [5.74, 6) is -0.955. The van der Waals surface area contributed by atoms with E-state index in [4.69, 9.17) is 5.21 Å². The number of unbranched alkanes of at least 4 members (excludes halogenated alkanes) is 1. The van der Waals surface area contributed by atoms with Crippen LogP contribution in [0.5, 0.6) is 0 Å². The Morgan fingerprint density at radius 3 is 2.38 bits per heavy atom. The van der Waals surface area contributed by atoms with Crippen molar-refractivity contribution in [3.05, 3.63) is 29.6 Å². The molecule has 0 aromatic heterocycles. The first-order valence-electron chi connectivity index (χ1n) is 12.1. The third-order valence-electron chi connectivity index (χ3n) is 7.73. The van der Waals surface area contributed by atoms with Crippen LogP contribution >= 0.6 is 0 Å². The quantitative estimate of drug-likeness (QED) is 0.221. The fourth-order valence-electron chi connectivity index (χ4n) is 7.51. The second kappa shape index (κ2) is 9.17. The number of nitrogens with one attached hydrogen (secondary N) is 4. The molecule has 0 aliphatic heterocycles. The molecule has 2 unspecified atom stereocenters. The van der Waals surface area contributed by atoms with Gasteiger partial charge in [0.25, 0.3) is 5.91 Å². The van der Waals surface area contributed by atoms with Crippen LogP contribution in [0.2, 0.25) is 0 Å². The molecule has 4 saturated carbocycles. The minimum atomic E-state index is -0.674. The van der Waals surface area contributed by atoms with Gasteiger partial charge >= 0.3 is 6.03 Å². The number of amides is 4. The highest BCUT2D eigenvalue weighted by Gasteiger charge is 2.60. The van der Waals surface area contributed by atoms with Crippen molar-refractivity contribution < 1.29 is 24.0 Å². The SMILES string of the molecule is C[C@]12CC3CC(NC(=O)Nc4ccc(C(=O)NCCCCC(=O)NO)cc4F)(C1)C[C@@](C)(C3)C2. The molecule has 8 nitrogen and oxygen atoms in total. The van der Waals surface area contributed by atoms with Crippen LogP contribution in [0.3, 0.4) is 0 Å². The molecule has 0 spiro atoms. The van der Waals surface area contributed by atoms with E-state index in [1.165, 1.54) is 31.4 Å². The number of hydrogen-bond donors (Lipinski definition) is 5. The van der Waals surface area contributed by atoms with Crippen LogP contribution < -0.4 is 21.4 Å². The molecule has 0 radical (unpaired) electrons. The van der Waals surface area contributed by atoms with Crippen molar-refractivity contribution in [1.29, 1.82) is 0 Å². The summed E-state index contributed by atoms with van der Waals surface area (Å²) in [4.78, 5) is 36.1. The van der Waals surface area contributed by atoms with Crippen LogP contribution in [0.25, 0.3) is 0 Å². The minimum Gasteiger partial charge on any atom is -0.352 e. The second-order valence-corrected chi connectivity index (χ2v) is 11.4. The number of anilines is 1. The van der Waals surface area contributed by atoms with Gasteiger partial charge in [-0.05, 0) is 86.3 Å². The highest BCUT2D eigenvalue weighted by Crippen LogP contribution is 2.66. The summed E-state index contributed by atoms with van der Waals surface area (Å²) in [6.45, 7) is 4.99. The molecule has 4 aliphatic carbocycles. The third kappa shape index (κ3) is 5.35. The Hall–Kier alpha value is -2.68. The number of benzene rings is 1. The fraction of sp³-hybridized carbons (Fsp3) is 0.640. The smallest absolute Gasteiger partial charge is 0.319 e. The maximum Gasteiger partial charge on any atom is 0.319 e. The first-order valence-corrected chi connectivity index (χ1v) is 12.1. The highest BCUT2D eigenvalue weighted by atomic mass is 19.1. The van der Waals surface area contributed by atoms with Gasteiger partial charge in [-0.15, -0.1) is 0 Å². The molecule has 5 N–H and O–H groups in total. The van der Waals surface area contributed by atoms with Gasteiger partial charge in [-0.1, -0.05) is 13.8 Å². The number of carbonyl (C=O) groups is 3. The zero-order chi connectivity index (χ0) is 24.6. The Labute approximate surface area is 199 Å². The van der Waals surface area contributed by atoms with Crippen LogP contribution in [-0.2, 0) is 4.79 Å². The fourth-order valence-corrected chi connectivity index (χ4v) is 7.51. The molecule has 1 aromatic rings. The first kappa shape index (κ1) is 24.4. The Balaban J connectivity index is 1.30. The van der Waals surface area contributed by atoms with Crippen molar-refractivity contribution in [1.82, 2.24) is 16.1 Å². The zero-order valence-electron chi connectivity index (χ0n) is 19.9. The van der Waals surface area contributed by atoms with Crippen LogP contribution in [0.15, 0.2) is 18.2 Å². The van der Waals surface area contributed by atoms with E-state index in [1.807, 2.05) is 0 Å². The van der Waals surface area contributed by atoms with E-state index in [0.717, 1.165) is 25.3 Å². The topological polar surface area (TPSA) is 120 Å². The van der Waals surface area contributed by atoms with Crippen molar-refractivity contribution in [3.63, 3.8) is 0 Å². The number of hydroxylamine groups is 1. The molecule has 4 atom stereocenters. The van der Waals surface area contributed by atoms with Crippen molar-refractivity contribution in [2.45, 2.75) is 77.2 Å². The Kier molecular flexibility index (Phi) is 6.59. The molecule has 0 heterocycles. The lowest BCUT2D eigenvalue weighted by Crippen LogP contribution is -2.65. The van der Waals surface area contributed by atoms with Crippen LogP contribution in [0, 0.1) is 22.6 Å². The first-order chi connectivity index (χ1) is 16.0. The molecule has 34 heavy (non-hydrogen) atoms. The summed E-state index contributed by atoms with van der Waals surface area (Å²) < 4.78 is 14.7. The normalized spacial score (nSPS) is 31.1. The van der Waals surface area contributed by atoms with Gasteiger partial charge in [0, 0.05) is 24.1 Å². The molecule has 0 saturated heterocycles. The van der Waals surface area contributed by atoms with Gasteiger partial charge in [0.15, 0.2) is 0 Å². The van der Waals surface area contributed by atoms with Gasteiger partial charge in [-0.25, -0.2) is 14.7 Å². The monoisotopic (exact) mass is 474 g/mol. The van der Waals surface area contributed by atoms with E-state index in [0.29, 0.717) is 25.3 Å². The molecule has 1 aromatic carbocycles. The molecule has 4 fully saturated rings. The number of hydrogen-bond acceptors (Lipinski definition) is 4. The van der Waals surface area contributed by atoms with Crippen LogP contribution in [-0.4, -0.2) is 35.1 Å². The largest absolute Gasteiger partial charge is 0.352 e. The van der Waals surface area contributed by atoms with Crippen molar-refractivity contribution in [3.8, 4) is 0 Å². The summed E-state index contributed by atoms with van der Waals surface area (Å²) in [5, 5.41) is 17.0. The Morgan fingerprint density at radius 1 is 1.06 bits per heavy atom. The van der Waals surface area contributed by atoms with E-state index < -0.39 is 23.7 Å². The lowest BCUT2D eigenvalue weighted by molar-refractivity contribution is -0.129. The van der Waals surface area contributed by atoms with Gasteiger partial charge in [0.1, 0.15) is 5.82 Å². The van der Waals surface area contributed by atoms with Gasteiger partial charge in [-0.2, -0.15) is 0 Å². The lowest BCUT2D eigenvalue weighted by Gasteiger charge is -2.65. The van der Waals surface area contributed by atoms with Crippen LogP contribution in [0.4, 0.5) is 14.9 Å². The predicted octanol–water partition coefficient (Wildman–Crippen LogP) is 4.10. The lowest BCUT2D eigenvalue weighted by atomic mass is 9.43. The Morgan fingerprint density at radius 2 is 1.76 bits per heavy atom. The third-order valence-corrected chi connectivity index (χ3v) is 7.73. The summed E-state index contributed by atoms with van der Waals surface area (Å²) in [6, 6.07) is 3.58. The molecular formula is C25H35FN4O4. The van der Waals surface area contributed by atoms with E-state index in [9.17, 15) is 18.8 Å². The summed E-state index contributed by atoms with van der Waals surface area (Å²) in [7, 11) is 0. The van der Waals surface area contributed by atoms with E-state index in [2.05, 4.69) is 29.8 Å².